The second kappa shape index (κ2) is 9.92. The molecule has 0 N–H and O–H groups in total. The van der Waals surface area contributed by atoms with Crippen molar-refractivity contribution in [3.63, 3.8) is 0 Å². The van der Waals surface area contributed by atoms with E-state index in [-0.39, 0.29) is 125 Å². The smallest absolute Gasteiger partial charge is 0.0651 e. The zero-order chi connectivity index (χ0) is 44.0. The van der Waals surface area contributed by atoms with Gasteiger partial charge >= 0.3 is 0 Å². The van der Waals surface area contributed by atoms with Crippen molar-refractivity contribution in [1.82, 2.24) is 0 Å². The minimum Gasteiger partial charge on any atom is -0.310 e. The summed E-state index contributed by atoms with van der Waals surface area (Å²) < 4.78 is 143. The van der Waals surface area contributed by atoms with Crippen LogP contribution in [0.4, 0.5) is 17.1 Å². The lowest BCUT2D eigenvalue weighted by molar-refractivity contribution is 0.661. The zero-order valence-corrected chi connectivity index (χ0v) is 24.9. The van der Waals surface area contributed by atoms with Gasteiger partial charge in [-0.15, -0.1) is 11.3 Å². The molecule has 0 saturated carbocycles. The Labute approximate surface area is 290 Å². The number of hydrogen-bond donors (Lipinski definition) is 0. The van der Waals surface area contributed by atoms with Crippen molar-refractivity contribution < 1.29 is 21.9 Å². The zero-order valence-electron chi connectivity index (χ0n) is 40.1. The minimum atomic E-state index is -1.20. The van der Waals surface area contributed by atoms with Crippen molar-refractivity contribution in [3.05, 3.63) is 162 Å². The molecule has 45 heavy (non-hydrogen) atoms. The maximum absolute atomic E-state index is 9.71. The Morgan fingerprint density at radius 1 is 0.556 bits per heavy atom. The fourth-order valence-corrected chi connectivity index (χ4v) is 7.13. The maximum Gasteiger partial charge on any atom is 0.0651 e. The van der Waals surface area contributed by atoms with Crippen LogP contribution in [0.2, 0.25) is 0 Å². The predicted octanol–water partition coefficient (Wildman–Crippen LogP) is 12.7. The highest BCUT2D eigenvalue weighted by Gasteiger charge is 2.35. The van der Waals surface area contributed by atoms with E-state index in [1.165, 1.54) is 0 Å². The molecule has 1 heterocycles. The second-order valence-corrected chi connectivity index (χ2v) is 12.3. The van der Waals surface area contributed by atoms with Gasteiger partial charge in [0, 0.05) is 42.6 Å². The van der Waals surface area contributed by atoms with E-state index in [0.717, 1.165) is 11.3 Å². The third-order valence-corrected chi connectivity index (χ3v) is 9.36. The summed E-state index contributed by atoms with van der Waals surface area (Å²) in [6.07, 6.45) is 0. The van der Waals surface area contributed by atoms with Gasteiger partial charge in [0.15, 0.2) is 0 Å². The molecule has 0 bridgehead atoms. The van der Waals surface area contributed by atoms with Gasteiger partial charge in [0.1, 0.15) is 0 Å². The molecule has 0 spiro atoms. The molecule has 0 saturated heterocycles. The van der Waals surface area contributed by atoms with E-state index in [1.807, 2.05) is 0 Å². The van der Waals surface area contributed by atoms with Crippen LogP contribution in [0.15, 0.2) is 151 Å². The standard InChI is InChI=1S/C43H31NS/c1-43(2)38-16-8-6-13-35(38)37-26-29-21-24-33(25-30(29)27-39(37)43)44(31-11-4-3-5-12-31)32-22-19-28(20-23-32)34-15-10-18-41-42(34)36-14-7-9-17-40(36)45-41/h3-27H,1-2H3/i6D,7D,8D,9D,10D,13D,14D,15D,16D,17D,18D,21D,24D,25D,26D,27D. The van der Waals surface area contributed by atoms with Crippen LogP contribution in [-0.2, 0) is 5.41 Å². The van der Waals surface area contributed by atoms with E-state index >= 15 is 0 Å². The summed E-state index contributed by atoms with van der Waals surface area (Å²) in [5.74, 6) is 0. The van der Waals surface area contributed by atoms with Crippen molar-refractivity contribution in [3.8, 4) is 22.3 Å². The molecule has 1 aliphatic rings. The predicted molar refractivity (Wildman–Crippen MR) is 195 cm³/mol. The van der Waals surface area contributed by atoms with Gasteiger partial charge in [0.2, 0.25) is 0 Å². The summed E-state index contributed by atoms with van der Waals surface area (Å²) in [6, 6.07) is 9.40. The Bertz CT molecular complexity index is 3290. The first-order valence-corrected chi connectivity index (χ1v) is 15.1. The van der Waals surface area contributed by atoms with E-state index in [2.05, 4.69) is 0 Å². The van der Waals surface area contributed by atoms with E-state index < -0.39 is 41.7 Å². The number of thiophene rings is 1. The molecule has 0 radical (unpaired) electrons. The Morgan fingerprint density at radius 3 is 2.16 bits per heavy atom. The quantitative estimate of drug-likeness (QED) is 0.192. The van der Waals surface area contributed by atoms with Gasteiger partial charge in [-0.05, 0) is 105 Å². The number of benzene rings is 7. The Hall–Kier alpha value is -5.18. The van der Waals surface area contributed by atoms with Gasteiger partial charge in [-0.3, -0.25) is 0 Å². The van der Waals surface area contributed by atoms with Crippen molar-refractivity contribution in [2.45, 2.75) is 19.3 Å². The minimum absolute atomic E-state index is 0.0674. The van der Waals surface area contributed by atoms with E-state index in [0.29, 0.717) is 16.9 Å². The van der Waals surface area contributed by atoms with Gasteiger partial charge < -0.3 is 4.90 Å². The molecule has 0 unspecified atom stereocenters. The molecule has 9 rings (SSSR count). The number of anilines is 3. The third-order valence-electron chi connectivity index (χ3n) is 8.34. The molecule has 1 nitrogen and oxygen atoms in total. The molecule has 0 aliphatic heterocycles. The summed E-state index contributed by atoms with van der Waals surface area (Å²) in [6.45, 7) is 3.41. The van der Waals surface area contributed by atoms with Gasteiger partial charge in [-0.2, -0.15) is 0 Å². The van der Waals surface area contributed by atoms with Crippen LogP contribution in [0, 0.1) is 0 Å². The van der Waals surface area contributed by atoms with Crippen LogP contribution in [0.3, 0.4) is 0 Å². The highest BCUT2D eigenvalue weighted by Crippen LogP contribution is 2.50. The molecule has 214 valence electrons. The van der Waals surface area contributed by atoms with Crippen LogP contribution in [0.1, 0.15) is 46.9 Å². The first kappa shape index (κ1) is 14.7. The normalized spacial score (nSPS) is 18.3. The molecule has 2 heteroatoms. The van der Waals surface area contributed by atoms with Crippen LogP contribution >= 0.6 is 11.3 Å². The first-order chi connectivity index (χ1) is 28.7. The lowest BCUT2D eigenvalue weighted by Crippen LogP contribution is -2.14. The first-order valence-electron chi connectivity index (χ1n) is 22.3. The van der Waals surface area contributed by atoms with Gasteiger partial charge in [0.05, 0.1) is 21.9 Å². The molecule has 1 aromatic heterocycles. The monoisotopic (exact) mass is 609 g/mol. The lowest BCUT2D eigenvalue weighted by atomic mass is 9.82. The summed E-state index contributed by atoms with van der Waals surface area (Å²) in [5, 5.41) is 0.132. The summed E-state index contributed by atoms with van der Waals surface area (Å²) in [4.78, 5) is 1.57. The number of fused-ring (bicyclic) bond motifs is 7. The summed E-state index contributed by atoms with van der Waals surface area (Å²) >= 11 is 0.967. The van der Waals surface area contributed by atoms with Crippen molar-refractivity contribution in [1.29, 1.82) is 0 Å². The second-order valence-electron chi connectivity index (χ2n) is 11.3. The topological polar surface area (TPSA) is 3.24 Å². The van der Waals surface area contributed by atoms with Gasteiger partial charge in [0.25, 0.3) is 0 Å². The van der Waals surface area contributed by atoms with Crippen molar-refractivity contribution in [2.75, 3.05) is 4.90 Å². The number of para-hydroxylation sites is 1. The third kappa shape index (κ3) is 4.06. The lowest BCUT2D eigenvalue weighted by Gasteiger charge is -2.26. The average molecular weight is 610 g/mol. The molecule has 7 aromatic carbocycles. The highest BCUT2D eigenvalue weighted by atomic mass is 32.1. The number of nitrogens with zero attached hydrogens (tertiary/aromatic N) is 1. The van der Waals surface area contributed by atoms with Crippen LogP contribution < -0.4 is 4.90 Å². The van der Waals surface area contributed by atoms with Crippen LogP contribution in [0.5, 0.6) is 0 Å². The van der Waals surface area contributed by atoms with Crippen molar-refractivity contribution in [2.24, 2.45) is 0 Å². The molecule has 0 amide bonds. The molecular weight excluding hydrogens is 563 g/mol. The van der Waals surface area contributed by atoms with E-state index in [1.54, 1.807) is 73.3 Å². The average Bonchev–Trinajstić information content (AvgIpc) is 3.76. The molecule has 0 atom stereocenters. The Kier molecular flexibility index (Phi) is 3.25. The highest BCUT2D eigenvalue weighted by molar-refractivity contribution is 7.25. The van der Waals surface area contributed by atoms with E-state index in [4.69, 9.17) is 15.1 Å². The van der Waals surface area contributed by atoms with Gasteiger partial charge in [-0.25, -0.2) is 0 Å². The summed E-state index contributed by atoms with van der Waals surface area (Å²) in [7, 11) is 0. The molecule has 1 aliphatic carbocycles. The molecule has 8 aromatic rings. The van der Waals surface area contributed by atoms with E-state index in [9.17, 15) is 6.85 Å². The largest absolute Gasteiger partial charge is 0.310 e. The van der Waals surface area contributed by atoms with Gasteiger partial charge in [-0.1, -0.05) is 105 Å². The number of rotatable bonds is 4. The van der Waals surface area contributed by atoms with Crippen molar-refractivity contribution >= 4 is 59.3 Å². The number of hydrogen-bond acceptors (Lipinski definition) is 2. The van der Waals surface area contributed by atoms with Crippen LogP contribution in [0.25, 0.3) is 53.2 Å². The molecule has 0 fully saturated rings. The molecular formula is C43H31NS. The fraction of sp³-hybridized carbons (Fsp3) is 0.0698. The Balaban J connectivity index is 1.30. The van der Waals surface area contributed by atoms with Crippen LogP contribution in [-0.4, -0.2) is 0 Å². The summed E-state index contributed by atoms with van der Waals surface area (Å²) in [5.41, 5.74) is 0.718. The maximum atomic E-state index is 9.71. The Morgan fingerprint density at radius 2 is 1.29 bits per heavy atom. The SMILES string of the molecule is [2H]c1c([2H])c([2H])c2c(c1[2H])-c1c(c([2H])c3c([2H])c(N(c4ccccc4)c4ccc(-c5c([2H])c([2H])c([2H])c6sc7c([2H])c([2H])c([2H])c([2H])c7c56)cc4)c([2H])c([2H])c3c1[2H])C2(C)C. The fourth-order valence-electron chi connectivity index (χ4n) is 6.16.